The van der Waals surface area contributed by atoms with E-state index in [4.69, 9.17) is 0 Å². The number of benzene rings is 2. The second-order valence-electron chi connectivity index (χ2n) is 7.59. The zero-order chi connectivity index (χ0) is 23.5. The number of aromatic nitrogens is 2. The van der Waals surface area contributed by atoms with Crippen molar-refractivity contribution in [3.63, 3.8) is 0 Å². The van der Waals surface area contributed by atoms with Gasteiger partial charge in [0.15, 0.2) is 0 Å². The average Bonchev–Trinajstić information content (AvgIpc) is 3.04. The summed E-state index contributed by atoms with van der Waals surface area (Å²) in [6, 6.07) is 12.5. The summed E-state index contributed by atoms with van der Waals surface area (Å²) >= 11 is 0. The molecule has 2 N–H and O–H groups in total. The van der Waals surface area contributed by atoms with E-state index in [-0.39, 0.29) is 16.1 Å². The summed E-state index contributed by atoms with van der Waals surface area (Å²) in [7, 11) is -1.99. The number of nitrogens with zero attached hydrogens (tertiary/aromatic N) is 3. The molecular weight excluding hydrogens is 428 g/mol. The number of nitrogens with one attached hydrogen (secondary N) is 1. The van der Waals surface area contributed by atoms with Gasteiger partial charge in [-0.1, -0.05) is 18.2 Å². The summed E-state index contributed by atoms with van der Waals surface area (Å²) in [5.41, 5.74) is 3.98. The first-order valence-corrected chi connectivity index (χ1v) is 11.8. The molecule has 3 rings (SSSR count). The van der Waals surface area contributed by atoms with Gasteiger partial charge in [0.25, 0.3) is 10.0 Å². The van der Waals surface area contributed by atoms with Crippen LogP contribution in [0.2, 0.25) is 0 Å². The van der Waals surface area contributed by atoms with E-state index in [0.29, 0.717) is 12.2 Å². The molecule has 2 aromatic carbocycles. The maximum Gasteiger partial charge on any atom is 0.337 e. The van der Waals surface area contributed by atoms with Crippen molar-refractivity contribution in [3.8, 4) is 0 Å². The van der Waals surface area contributed by atoms with Crippen LogP contribution in [-0.4, -0.2) is 42.9 Å². The molecule has 0 aliphatic heterocycles. The van der Waals surface area contributed by atoms with Crippen LogP contribution in [0.25, 0.3) is 0 Å². The lowest BCUT2D eigenvalue weighted by Crippen LogP contribution is -2.23. The lowest BCUT2D eigenvalue weighted by Gasteiger charge is -2.22. The van der Waals surface area contributed by atoms with Gasteiger partial charge in [-0.05, 0) is 63.1 Å². The molecule has 1 aromatic heterocycles. The van der Waals surface area contributed by atoms with Crippen LogP contribution in [0.5, 0.6) is 0 Å². The third-order valence-corrected chi connectivity index (χ3v) is 6.87. The molecule has 1 heterocycles. The Kier molecular flexibility index (Phi) is 6.88. The van der Waals surface area contributed by atoms with Gasteiger partial charge in [0.05, 0.1) is 21.8 Å². The van der Waals surface area contributed by atoms with Crippen LogP contribution in [-0.2, 0) is 23.0 Å². The van der Waals surface area contributed by atoms with Gasteiger partial charge in [-0.25, -0.2) is 13.2 Å². The van der Waals surface area contributed by atoms with Crippen molar-refractivity contribution in [1.82, 2.24) is 9.78 Å². The van der Waals surface area contributed by atoms with Gasteiger partial charge < -0.3 is 10.0 Å². The minimum absolute atomic E-state index is 0.0264. The van der Waals surface area contributed by atoms with Crippen molar-refractivity contribution in [2.45, 2.75) is 38.6 Å². The average molecular weight is 457 g/mol. The quantitative estimate of drug-likeness (QED) is 0.509. The topological polar surface area (TPSA) is 105 Å². The zero-order valence-electron chi connectivity index (χ0n) is 18.7. The molecular formula is C23H28N4O4S. The van der Waals surface area contributed by atoms with Gasteiger partial charge in [0, 0.05) is 31.5 Å². The van der Waals surface area contributed by atoms with Gasteiger partial charge in [-0.2, -0.15) is 5.10 Å². The normalized spacial score (nSPS) is 11.4. The number of aromatic carboxylic acids is 1. The van der Waals surface area contributed by atoms with Crippen molar-refractivity contribution in [1.29, 1.82) is 0 Å². The van der Waals surface area contributed by atoms with Gasteiger partial charge in [0.1, 0.15) is 0 Å². The maximum absolute atomic E-state index is 12.6. The van der Waals surface area contributed by atoms with E-state index in [9.17, 15) is 18.3 Å². The Bertz CT molecular complexity index is 1220. The third-order valence-electron chi connectivity index (χ3n) is 5.47. The molecule has 32 heavy (non-hydrogen) atoms. The van der Waals surface area contributed by atoms with E-state index in [1.807, 2.05) is 37.4 Å². The number of carbonyl (C=O) groups is 1. The highest BCUT2D eigenvalue weighted by molar-refractivity contribution is 7.92. The van der Waals surface area contributed by atoms with Crippen LogP contribution in [0, 0.1) is 13.8 Å². The summed E-state index contributed by atoms with van der Waals surface area (Å²) in [6.07, 6.45) is 0.718. The van der Waals surface area contributed by atoms with Crippen LogP contribution in [0.1, 0.15) is 34.2 Å². The number of aryl methyl sites for hydroxylation is 2. The van der Waals surface area contributed by atoms with Gasteiger partial charge >= 0.3 is 5.97 Å². The smallest absolute Gasteiger partial charge is 0.337 e. The summed E-state index contributed by atoms with van der Waals surface area (Å²) in [5.74, 6) is -1.13. The molecule has 8 nitrogen and oxygen atoms in total. The molecule has 0 fully saturated rings. The number of sulfonamides is 1. The van der Waals surface area contributed by atoms with E-state index in [2.05, 4.69) is 9.82 Å². The standard InChI is InChI=1S/C23H28N4O4S/c1-5-27-17(3)20(16(2)24-27)13-14-26(4)22-12-11-18(15-21(22)23(28)29)25-32(30,31)19-9-7-6-8-10-19/h6-12,15,25H,5,13-14H2,1-4H3,(H,28,29). The predicted molar refractivity (Wildman–Crippen MR) is 125 cm³/mol. The minimum atomic E-state index is -3.81. The van der Waals surface area contributed by atoms with Crippen LogP contribution in [0.4, 0.5) is 11.4 Å². The molecule has 0 amide bonds. The lowest BCUT2D eigenvalue weighted by atomic mass is 10.1. The fraction of sp³-hybridized carbons (Fsp3) is 0.304. The number of carboxylic acids is 1. The molecule has 3 aromatic rings. The second-order valence-corrected chi connectivity index (χ2v) is 9.27. The van der Waals surface area contributed by atoms with Crippen molar-refractivity contribution in [3.05, 3.63) is 71.0 Å². The SMILES string of the molecule is CCn1nc(C)c(CCN(C)c2ccc(NS(=O)(=O)c3ccccc3)cc2C(=O)O)c1C. The Labute approximate surface area is 188 Å². The minimum Gasteiger partial charge on any atom is -0.478 e. The Hall–Kier alpha value is -3.33. The molecule has 0 radical (unpaired) electrons. The molecule has 0 unspecified atom stereocenters. The Morgan fingerprint density at radius 2 is 1.84 bits per heavy atom. The van der Waals surface area contributed by atoms with E-state index >= 15 is 0 Å². The highest BCUT2D eigenvalue weighted by atomic mass is 32.2. The lowest BCUT2D eigenvalue weighted by molar-refractivity contribution is 0.0697. The Morgan fingerprint density at radius 1 is 1.16 bits per heavy atom. The highest BCUT2D eigenvalue weighted by Gasteiger charge is 2.19. The molecule has 0 saturated heterocycles. The largest absolute Gasteiger partial charge is 0.478 e. The number of hydrogen-bond donors (Lipinski definition) is 2. The maximum atomic E-state index is 12.6. The summed E-state index contributed by atoms with van der Waals surface area (Å²) in [6.45, 7) is 7.44. The molecule has 0 bridgehead atoms. The number of anilines is 2. The molecule has 0 aliphatic rings. The number of rotatable bonds is 9. The first kappa shape index (κ1) is 23.3. The molecule has 0 atom stereocenters. The Balaban J connectivity index is 1.82. The van der Waals surface area contributed by atoms with E-state index in [0.717, 1.165) is 29.9 Å². The monoisotopic (exact) mass is 456 g/mol. The van der Waals surface area contributed by atoms with Crippen molar-refractivity contribution in [2.24, 2.45) is 0 Å². The Morgan fingerprint density at radius 3 is 2.44 bits per heavy atom. The van der Waals surface area contributed by atoms with E-state index in [1.165, 1.54) is 18.2 Å². The van der Waals surface area contributed by atoms with E-state index < -0.39 is 16.0 Å². The number of likely N-dealkylation sites (N-methyl/N-ethyl adjacent to an activating group) is 1. The number of carboxylic acid groups (broad SMARTS) is 1. The van der Waals surface area contributed by atoms with Gasteiger partial charge in [-0.15, -0.1) is 0 Å². The molecule has 9 heteroatoms. The van der Waals surface area contributed by atoms with E-state index in [1.54, 1.807) is 30.3 Å². The first-order valence-electron chi connectivity index (χ1n) is 10.3. The van der Waals surface area contributed by atoms with Gasteiger partial charge in [-0.3, -0.25) is 9.40 Å². The van der Waals surface area contributed by atoms with Crippen LogP contribution in [0.3, 0.4) is 0 Å². The van der Waals surface area contributed by atoms with Crippen LogP contribution in [0.15, 0.2) is 53.4 Å². The fourth-order valence-corrected chi connectivity index (χ4v) is 4.79. The highest BCUT2D eigenvalue weighted by Crippen LogP contribution is 2.26. The predicted octanol–water partition coefficient (Wildman–Crippen LogP) is 3.70. The molecule has 0 spiro atoms. The summed E-state index contributed by atoms with van der Waals surface area (Å²) in [5, 5.41) is 14.3. The van der Waals surface area contributed by atoms with Gasteiger partial charge in [0.2, 0.25) is 0 Å². The molecule has 0 aliphatic carbocycles. The first-order chi connectivity index (χ1) is 15.1. The van der Waals surface area contributed by atoms with Crippen LogP contribution >= 0.6 is 0 Å². The van der Waals surface area contributed by atoms with Crippen molar-refractivity contribution < 1.29 is 18.3 Å². The summed E-state index contributed by atoms with van der Waals surface area (Å²) < 4.78 is 29.6. The summed E-state index contributed by atoms with van der Waals surface area (Å²) in [4.78, 5) is 13.9. The molecule has 0 saturated carbocycles. The number of hydrogen-bond acceptors (Lipinski definition) is 5. The second kappa shape index (κ2) is 9.44. The zero-order valence-corrected chi connectivity index (χ0v) is 19.5. The fourth-order valence-electron chi connectivity index (χ4n) is 3.72. The van der Waals surface area contributed by atoms with Crippen molar-refractivity contribution >= 4 is 27.4 Å². The molecule has 170 valence electrons. The van der Waals surface area contributed by atoms with Crippen LogP contribution < -0.4 is 9.62 Å². The van der Waals surface area contributed by atoms with Crippen molar-refractivity contribution in [2.75, 3.05) is 23.2 Å². The third kappa shape index (κ3) is 4.94.